The number of aryl methyl sites for hydroxylation is 1. The summed E-state index contributed by atoms with van der Waals surface area (Å²) in [5.41, 5.74) is 0.568. The Morgan fingerprint density at radius 2 is 2.00 bits per heavy atom. The smallest absolute Gasteiger partial charge is 0.276 e. The topological polar surface area (TPSA) is 130 Å². The van der Waals surface area contributed by atoms with E-state index in [-0.39, 0.29) is 28.7 Å². The van der Waals surface area contributed by atoms with E-state index in [0.29, 0.717) is 35.4 Å². The molecule has 2 aromatic rings. The molecule has 1 spiro atoms. The maximum Gasteiger partial charge on any atom is 0.276 e. The second kappa shape index (κ2) is 6.86. The second-order valence-corrected chi connectivity index (χ2v) is 10.3. The number of hydrogen-bond acceptors (Lipinski definition) is 7. The van der Waals surface area contributed by atoms with Crippen molar-refractivity contribution in [2.24, 2.45) is 17.3 Å². The van der Waals surface area contributed by atoms with E-state index in [1.54, 1.807) is 16.7 Å². The van der Waals surface area contributed by atoms with Crippen molar-refractivity contribution in [2.45, 2.75) is 45.2 Å². The second-order valence-electron chi connectivity index (χ2n) is 10.3. The van der Waals surface area contributed by atoms with Crippen molar-refractivity contribution in [3.05, 3.63) is 40.1 Å². The van der Waals surface area contributed by atoms with Gasteiger partial charge in [0.05, 0.1) is 0 Å². The third-order valence-electron chi connectivity index (χ3n) is 7.70. The van der Waals surface area contributed by atoms with Crippen molar-refractivity contribution in [2.75, 3.05) is 23.7 Å². The summed E-state index contributed by atoms with van der Waals surface area (Å²) >= 11 is 0. The lowest BCUT2D eigenvalue weighted by atomic mass is 9.83. The standard InChI is InChI=1S/C23H27N7O3/c1-12-5-15(27-16-6-17(26-11-25-16)28-19(31)13-3-4-13)21(33)30-18(12)20(32)29-23(30)7-14-8-24-10-22(14,2)9-23/h5-6,11,13-14,24H,3-4,7-10H2,1-2H3,(H,29,32)(H2,25,26,27,28,31)/t14-,22+,23?/m0/s1. The van der Waals surface area contributed by atoms with Crippen LogP contribution in [-0.4, -0.2) is 39.4 Å². The highest BCUT2D eigenvalue weighted by molar-refractivity contribution is 5.97. The highest BCUT2D eigenvalue weighted by atomic mass is 16.2. The molecule has 2 amide bonds. The minimum Gasteiger partial charge on any atom is -0.336 e. The van der Waals surface area contributed by atoms with Crippen molar-refractivity contribution in [3.63, 3.8) is 0 Å². The molecule has 0 radical (unpaired) electrons. The molecule has 2 aliphatic carbocycles. The molecule has 10 nitrogen and oxygen atoms in total. The summed E-state index contributed by atoms with van der Waals surface area (Å²) in [4.78, 5) is 47.0. The third-order valence-corrected chi connectivity index (χ3v) is 7.70. The molecule has 1 saturated heterocycles. The molecule has 3 fully saturated rings. The maximum atomic E-state index is 13.7. The summed E-state index contributed by atoms with van der Waals surface area (Å²) < 4.78 is 1.67. The highest BCUT2D eigenvalue weighted by Crippen LogP contribution is 2.53. The average molecular weight is 450 g/mol. The lowest BCUT2D eigenvalue weighted by molar-refractivity contribution is -0.117. The van der Waals surface area contributed by atoms with Crippen molar-refractivity contribution >= 4 is 29.1 Å². The quantitative estimate of drug-likeness (QED) is 0.556. The molecule has 4 aliphatic rings. The van der Waals surface area contributed by atoms with Gasteiger partial charge in [-0.1, -0.05) is 6.92 Å². The van der Waals surface area contributed by atoms with Crippen LogP contribution < -0.4 is 26.8 Å². The first kappa shape index (κ1) is 20.3. The third kappa shape index (κ3) is 3.15. The summed E-state index contributed by atoms with van der Waals surface area (Å²) in [7, 11) is 0. The number of aromatic nitrogens is 3. The van der Waals surface area contributed by atoms with Crippen LogP contribution in [0.25, 0.3) is 0 Å². The molecule has 0 aromatic carbocycles. The molecule has 4 heterocycles. The summed E-state index contributed by atoms with van der Waals surface area (Å²) in [5.74, 6) is 1.00. The van der Waals surface area contributed by atoms with Crippen LogP contribution in [0.4, 0.5) is 17.3 Å². The first-order valence-electron chi connectivity index (χ1n) is 11.5. The Morgan fingerprint density at radius 3 is 2.76 bits per heavy atom. The number of carbonyl (C=O) groups is 2. The lowest BCUT2D eigenvalue weighted by Crippen LogP contribution is -2.47. The summed E-state index contributed by atoms with van der Waals surface area (Å²) in [6.45, 7) is 5.85. The number of rotatable bonds is 4. The molecule has 2 aromatic heterocycles. The summed E-state index contributed by atoms with van der Waals surface area (Å²) in [5, 5.41) is 12.5. The van der Waals surface area contributed by atoms with Gasteiger partial charge in [0.25, 0.3) is 11.5 Å². The van der Waals surface area contributed by atoms with E-state index in [9.17, 15) is 14.4 Å². The van der Waals surface area contributed by atoms with E-state index in [1.807, 2.05) is 6.92 Å². The van der Waals surface area contributed by atoms with Gasteiger partial charge in [-0.25, -0.2) is 9.97 Å². The zero-order chi connectivity index (χ0) is 23.0. The van der Waals surface area contributed by atoms with Gasteiger partial charge in [-0.05, 0) is 62.1 Å². The molecule has 33 heavy (non-hydrogen) atoms. The fourth-order valence-corrected chi connectivity index (χ4v) is 5.92. The molecule has 3 atom stereocenters. The van der Waals surface area contributed by atoms with Crippen molar-refractivity contribution in [3.8, 4) is 0 Å². The van der Waals surface area contributed by atoms with E-state index in [0.717, 1.165) is 37.9 Å². The van der Waals surface area contributed by atoms with Gasteiger partial charge in [0.2, 0.25) is 5.91 Å². The van der Waals surface area contributed by atoms with Crippen LogP contribution in [-0.2, 0) is 10.5 Å². The molecular formula is C23H27N7O3. The first-order valence-corrected chi connectivity index (χ1v) is 11.5. The van der Waals surface area contributed by atoms with Crippen LogP contribution in [0.3, 0.4) is 0 Å². The average Bonchev–Trinajstić information content (AvgIpc) is 3.42. The Morgan fingerprint density at radius 1 is 1.21 bits per heavy atom. The van der Waals surface area contributed by atoms with Crippen molar-refractivity contribution in [1.29, 1.82) is 0 Å². The van der Waals surface area contributed by atoms with E-state index in [2.05, 4.69) is 38.2 Å². The molecule has 1 unspecified atom stereocenters. The van der Waals surface area contributed by atoms with Gasteiger partial charge < -0.3 is 21.3 Å². The number of fused-ring (bicyclic) bond motifs is 3. The molecule has 0 bridgehead atoms. The number of nitrogens with one attached hydrogen (secondary N) is 4. The van der Waals surface area contributed by atoms with Gasteiger partial charge in [0.15, 0.2) is 0 Å². The number of amides is 2. The minimum absolute atomic E-state index is 0.0347. The molecule has 172 valence electrons. The lowest BCUT2D eigenvalue weighted by Gasteiger charge is -2.30. The fourth-order valence-electron chi connectivity index (χ4n) is 5.92. The monoisotopic (exact) mass is 449 g/mol. The van der Waals surface area contributed by atoms with Crippen LogP contribution >= 0.6 is 0 Å². The Hall–Kier alpha value is -3.27. The number of anilines is 3. The Balaban J connectivity index is 1.35. The van der Waals surface area contributed by atoms with Crippen LogP contribution in [0.15, 0.2) is 23.3 Å². The van der Waals surface area contributed by atoms with E-state index < -0.39 is 5.66 Å². The molecule has 6 rings (SSSR count). The first-order chi connectivity index (χ1) is 15.8. The van der Waals surface area contributed by atoms with Crippen LogP contribution in [0.1, 0.15) is 48.7 Å². The van der Waals surface area contributed by atoms with Gasteiger partial charge in [-0.15, -0.1) is 0 Å². The molecular weight excluding hydrogens is 422 g/mol. The van der Waals surface area contributed by atoms with Gasteiger partial charge >= 0.3 is 0 Å². The summed E-state index contributed by atoms with van der Waals surface area (Å²) in [6, 6.07) is 3.30. The molecule has 10 heteroatoms. The predicted molar refractivity (Wildman–Crippen MR) is 121 cm³/mol. The molecule has 4 N–H and O–H groups in total. The number of nitrogens with zero attached hydrogens (tertiary/aromatic N) is 3. The van der Waals surface area contributed by atoms with E-state index in [4.69, 9.17) is 0 Å². The SMILES string of the molecule is Cc1cc(Nc2cc(NC(=O)C3CC3)ncn2)c(=O)n2c1C(=O)NC21C[C@H]2CNC[C@@]2(C)C1. The Kier molecular flexibility index (Phi) is 4.23. The van der Waals surface area contributed by atoms with Gasteiger partial charge in [0, 0.05) is 18.5 Å². The van der Waals surface area contributed by atoms with E-state index in [1.165, 1.54) is 6.33 Å². The van der Waals surface area contributed by atoms with Gasteiger partial charge in [-0.2, -0.15) is 0 Å². The zero-order valence-corrected chi connectivity index (χ0v) is 18.7. The van der Waals surface area contributed by atoms with Crippen LogP contribution in [0.5, 0.6) is 0 Å². The van der Waals surface area contributed by atoms with Crippen molar-refractivity contribution in [1.82, 2.24) is 25.2 Å². The Bertz CT molecular complexity index is 1250. The highest BCUT2D eigenvalue weighted by Gasteiger charge is 2.59. The number of carbonyl (C=O) groups excluding carboxylic acids is 2. The van der Waals surface area contributed by atoms with Crippen LogP contribution in [0, 0.1) is 24.2 Å². The zero-order valence-electron chi connectivity index (χ0n) is 18.7. The normalized spacial score (nSPS) is 29.6. The number of hydrogen-bond donors (Lipinski definition) is 4. The minimum atomic E-state index is -0.706. The van der Waals surface area contributed by atoms with Gasteiger partial charge in [0.1, 0.15) is 35.0 Å². The van der Waals surface area contributed by atoms with Gasteiger partial charge in [-0.3, -0.25) is 19.0 Å². The predicted octanol–water partition coefficient (Wildman–Crippen LogP) is 1.45. The van der Waals surface area contributed by atoms with Crippen LogP contribution in [0.2, 0.25) is 0 Å². The largest absolute Gasteiger partial charge is 0.336 e. The number of pyridine rings is 1. The maximum absolute atomic E-state index is 13.7. The molecule has 2 saturated carbocycles. The fraction of sp³-hybridized carbons (Fsp3) is 0.522. The van der Waals surface area contributed by atoms with E-state index >= 15 is 0 Å². The molecule has 2 aliphatic heterocycles. The Labute approximate surface area is 190 Å². The van der Waals surface area contributed by atoms with Crippen molar-refractivity contribution < 1.29 is 9.59 Å². The summed E-state index contributed by atoms with van der Waals surface area (Å²) in [6.07, 6.45) is 4.59.